The van der Waals surface area contributed by atoms with Crippen molar-refractivity contribution in [3.8, 4) is 0 Å². The molecule has 0 spiro atoms. The van der Waals surface area contributed by atoms with Gasteiger partial charge in [0, 0.05) is 13.3 Å². The maximum absolute atomic E-state index is 13.1. The van der Waals surface area contributed by atoms with Crippen LogP contribution in [0.5, 0.6) is 0 Å². The van der Waals surface area contributed by atoms with E-state index in [1.807, 2.05) is 0 Å². The van der Waals surface area contributed by atoms with Gasteiger partial charge in [0.05, 0.1) is 22.1 Å². The number of hydrogen-bond donors (Lipinski definition) is 0. The lowest BCUT2D eigenvalue weighted by Crippen LogP contribution is -2.31. The lowest BCUT2D eigenvalue weighted by Gasteiger charge is -2.26. The van der Waals surface area contributed by atoms with Gasteiger partial charge in [-0.1, -0.05) is 24.3 Å². The van der Waals surface area contributed by atoms with Crippen molar-refractivity contribution < 1.29 is 26.4 Å². The van der Waals surface area contributed by atoms with Crippen LogP contribution in [0.15, 0.2) is 53.4 Å². The molecule has 26 heavy (non-hydrogen) atoms. The van der Waals surface area contributed by atoms with Gasteiger partial charge >= 0.3 is 6.18 Å². The third-order valence-corrected chi connectivity index (χ3v) is 5.28. The smallest absolute Gasteiger partial charge is 0.335 e. The molecule has 0 aliphatic rings. The average molecular weight is 385 g/mol. The number of carbonyl (C=O) groups is 1. The molecule has 0 radical (unpaired) electrons. The van der Waals surface area contributed by atoms with Crippen LogP contribution in [0.3, 0.4) is 0 Å². The maximum atomic E-state index is 13.1. The predicted molar refractivity (Wildman–Crippen MR) is 91.5 cm³/mol. The molecule has 1 unspecified atom stereocenters. The molecule has 0 aliphatic carbocycles. The molecule has 0 fully saturated rings. The first kappa shape index (κ1) is 20.0. The molecule has 1 atom stereocenters. The number of amides is 1. The van der Waals surface area contributed by atoms with Crippen molar-refractivity contribution in [1.82, 2.24) is 4.90 Å². The Hall–Kier alpha value is -2.35. The Balaban J connectivity index is 2.31. The summed E-state index contributed by atoms with van der Waals surface area (Å²) in [6.45, 7) is 1.66. The SMILES string of the molecule is CC(c1ccc(S(C)(=O)=O)cc1)N(C)C(=O)c1ccccc1C(F)(F)F. The number of hydrogen-bond acceptors (Lipinski definition) is 3. The first-order chi connectivity index (χ1) is 11.9. The van der Waals surface area contributed by atoms with E-state index in [0.717, 1.165) is 18.4 Å². The fraction of sp³-hybridized carbons (Fsp3) is 0.278. The van der Waals surface area contributed by atoms with E-state index < -0.39 is 39.1 Å². The summed E-state index contributed by atoms with van der Waals surface area (Å²) in [5, 5.41) is 0. The number of sulfone groups is 1. The van der Waals surface area contributed by atoms with Crippen molar-refractivity contribution in [2.75, 3.05) is 13.3 Å². The quantitative estimate of drug-likeness (QED) is 0.801. The first-order valence-corrected chi connectivity index (χ1v) is 9.55. The van der Waals surface area contributed by atoms with Crippen molar-refractivity contribution in [1.29, 1.82) is 0 Å². The molecule has 1 amide bonds. The van der Waals surface area contributed by atoms with Gasteiger partial charge in [-0.2, -0.15) is 13.2 Å². The van der Waals surface area contributed by atoms with Crippen LogP contribution in [0.25, 0.3) is 0 Å². The Kier molecular flexibility index (Phi) is 5.46. The third-order valence-electron chi connectivity index (χ3n) is 4.15. The zero-order valence-corrected chi connectivity index (χ0v) is 15.2. The fourth-order valence-corrected chi connectivity index (χ4v) is 3.13. The summed E-state index contributed by atoms with van der Waals surface area (Å²) in [6.07, 6.45) is -3.55. The van der Waals surface area contributed by atoms with Crippen LogP contribution in [-0.2, 0) is 16.0 Å². The molecule has 2 aromatic rings. The molecule has 4 nitrogen and oxygen atoms in total. The van der Waals surface area contributed by atoms with Crippen LogP contribution in [-0.4, -0.2) is 32.5 Å². The zero-order chi connectivity index (χ0) is 19.7. The van der Waals surface area contributed by atoms with Crippen LogP contribution in [0.2, 0.25) is 0 Å². The largest absolute Gasteiger partial charge is 0.417 e. The molecule has 0 N–H and O–H groups in total. The normalized spacial score (nSPS) is 13.3. The van der Waals surface area contributed by atoms with Crippen LogP contribution in [0, 0.1) is 0 Å². The summed E-state index contributed by atoms with van der Waals surface area (Å²) < 4.78 is 62.4. The molecular formula is C18H18F3NO3S. The molecule has 8 heteroatoms. The highest BCUT2D eigenvalue weighted by atomic mass is 32.2. The summed E-state index contributed by atoms with van der Waals surface area (Å²) in [5.41, 5.74) is -0.809. The fourth-order valence-electron chi connectivity index (χ4n) is 2.50. The van der Waals surface area contributed by atoms with E-state index in [-0.39, 0.29) is 4.90 Å². The predicted octanol–water partition coefficient (Wildman–Crippen LogP) is 3.94. The molecule has 0 saturated heterocycles. The van der Waals surface area contributed by atoms with Crippen LogP contribution in [0.1, 0.15) is 34.5 Å². The lowest BCUT2D eigenvalue weighted by molar-refractivity contribution is -0.138. The molecule has 2 aromatic carbocycles. The molecule has 2 rings (SSSR count). The average Bonchev–Trinajstić information content (AvgIpc) is 2.58. The highest BCUT2D eigenvalue weighted by Crippen LogP contribution is 2.33. The second-order valence-corrected chi connectivity index (χ2v) is 7.99. The molecule has 0 saturated carbocycles. The number of halogens is 3. The number of carbonyl (C=O) groups excluding carboxylic acids is 1. The minimum atomic E-state index is -4.63. The van der Waals surface area contributed by atoms with E-state index in [9.17, 15) is 26.4 Å². The summed E-state index contributed by atoms with van der Waals surface area (Å²) in [6, 6.07) is 9.97. The second-order valence-electron chi connectivity index (χ2n) is 5.98. The van der Waals surface area contributed by atoms with E-state index in [1.54, 1.807) is 19.1 Å². The van der Waals surface area contributed by atoms with Crippen LogP contribution >= 0.6 is 0 Å². The number of alkyl halides is 3. The van der Waals surface area contributed by atoms with Crippen LogP contribution in [0.4, 0.5) is 13.2 Å². The Morgan fingerprint density at radius 2 is 1.58 bits per heavy atom. The number of benzene rings is 2. The van der Waals surface area contributed by atoms with Crippen molar-refractivity contribution >= 4 is 15.7 Å². The molecule has 0 bridgehead atoms. The van der Waals surface area contributed by atoms with Crippen molar-refractivity contribution in [2.24, 2.45) is 0 Å². The Morgan fingerprint density at radius 3 is 2.08 bits per heavy atom. The Morgan fingerprint density at radius 1 is 1.04 bits per heavy atom. The number of nitrogens with zero attached hydrogens (tertiary/aromatic N) is 1. The van der Waals surface area contributed by atoms with Gasteiger partial charge in [-0.25, -0.2) is 8.42 Å². The van der Waals surface area contributed by atoms with Crippen LogP contribution < -0.4 is 0 Å². The lowest BCUT2D eigenvalue weighted by atomic mass is 10.0. The third kappa shape index (κ3) is 4.24. The molecule has 0 aromatic heterocycles. The summed E-state index contributed by atoms with van der Waals surface area (Å²) >= 11 is 0. The van der Waals surface area contributed by atoms with Gasteiger partial charge in [0.25, 0.3) is 5.91 Å². The van der Waals surface area contributed by atoms with E-state index in [0.29, 0.717) is 5.56 Å². The van der Waals surface area contributed by atoms with Gasteiger partial charge in [-0.05, 0) is 36.8 Å². The van der Waals surface area contributed by atoms with Gasteiger partial charge in [0.2, 0.25) is 0 Å². The molecule has 0 aliphatic heterocycles. The maximum Gasteiger partial charge on any atom is 0.417 e. The first-order valence-electron chi connectivity index (χ1n) is 7.66. The minimum absolute atomic E-state index is 0.129. The number of rotatable bonds is 4. The van der Waals surface area contributed by atoms with E-state index >= 15 is 0 Å². The standard InChI is InChI=1S/C18H18F3NO3S/c1-12(13-8-10-14(11-9-13)26(3,24)25)22(2)17(23)15-6-4-5-7-16(15)18(19,20)21/h4-12H,1-3H3. The van der Waals surface area contributed by atoms with E-state index in [1.165, 1.54) is 36.2 Å². The highest BCUT2D eigenvalue weighted by Gasteiger charge is 2.36. The van der Waals surface area contributed by atoms with E-state index in [2.05, 4.69) is 0 Å². The van der Waals surface area contributed by atoms with Gasteiger partial charge < -0.3 is 4.90 Å². The summed E-state index contributed by atoms with van der Waals surface area (Å²) in [5.74, 6) is -0.766. The summed E-state index contributed by atoms with van der Waals surface area (Å²) in [7, 11) is -1.95. The molecular weight excluding hydrogens is 367 g/mol. The van der Waals surface area contributed by atoms with Gasteiger partial charge in [-0.3, -0.25) is 4.79 Å². The molecule has 0 heterocycles. The monoisotopic (exact) mass is 385 g/mol. The minimum Gasteiger partial charge on any atom is -0.335 e. The van der Waals surface area contributed by atoms with Gasteiger partial charge in [0.15, 0.2) is 9.84 Å². The zero-order valence-electron chi connectivity index (χ0n) is 14.4. The second kappa shape index (κ2) is 7.11. The highest BCUT2D eigenvalue weighted by molar-refractivity contribution is 7.90. The van der Waals surface area contributed by atoms with E-state index in [4.69, 9.17) is 0 Å². The topological polar surface area (TPSA) is 54.5 Å². The van der Waals surface area contributed by atoms with Crippen molar-refractivity contribution in [3.63, 3.8) is 0 Å². The summed E-state index contributed by atoms with van der Waals surface area (Å²) in [4.78, 5) is 13.9. The Labute approximate surface area is 150 Å². The van der Waals surface area contributed by atoms with Crippen molar-refractivity contribution in [3.05, 3.63) is 65.2 Å². The van der Waals surface area contributed by atoms with Crippen molar-refractivity contribution in [2.45, 2.75) is 24.0 Å². The Bertz CT molecular complexity index is 906. The van der Waals surface area contributed by atoms with Gasteiger partial charge in [0.1, 0.15) is 0 Å². The van der Waals surface area contributed by atoms with Gasteiger partial charge in [-0.15, -0.1) is 0 Å². The molecule has 140 valence electrons.